The number of benzene rings is 2. The van der Waals surface area contributed by atoms with Crippen molar-refractivity contribution in [3.63, 3.8) is 0 Å². The van der Waals surface area contributed by atoms with Gasteiger partial charge >= 0.3 is 0 Å². The fourth-order valence-corrected chi connectivity index (χ4v) is 3.36. The molecule has 0 aliphatic carbocycles. The molecule has 0 aliphatic heterocycles. The second-order valence-electron chi connectivity index (χ2n) is 7.68. The summed E-state index contributed by atoms with van der Waals surface area (Å²) in [4.78, 5) is 26.5. The van der Waals surface area contributed by atoms with Crippen LogP contribution in [0.25, 0.3) is 10.8 Å². The van der Waals surface area contributed by atoms with Gasteiger partial charge in [0.05, 0.1) is 11.6 Å². The number of nitrogens with one attached hydrogen (secondary N) is 1. The summed E-state index contributed by atoms with van der Waals surface area (Å²) < 4.78 is 0. The molecule has 0 bridgehead atoms. The molecule has 0 aliphatic rings. The molecule has 0 aromatic heterocycles. The molecule has 2 N–H and O–H groups in total. The molecule has 2 rings (SSSR count). The number of aromatic hydroxyl groups is 1. The Hall–Kier alpha value is -2.69. The number of hydrogen-bond donors (Lipinski definition) is 2. The van der Waals surface area contributed by atoms with Gasteiger partial charge in [-0.1, -0.05) is 26.0 Å². The third kappa shape index (κ3) is 4.58. The number of fused-ring (bicyclic) bond motifs is 1. The van der Waals surface area contributed by atoms with Crippen molar-refractivity contribution in [3.05, 3.63) is 35.9 Å². The minimum Gasteiger partial charge on any atom is -0.507 e. The zero-order chi connectivity index (χ0) is 21.0. The topological polar surface area (TPSA) is 81.5 Å². The first-order chi connectivity index (χ1) is 13.2. The van der Waals surface area contributed by atoms with Crippen LogP contribution in [-0.4, -0.2) is 36.5 Å². The summed E-state index contributed by atoms with van der Waals surface area (Å²) in [5.41, 5.74) is 1.49. The fraction of sp³-hybridized carbons (Fsp3) is 0.435. The van der Waals surface area contributed by atoms with E-state index >= 15 is 0 Å². The average molecular weight is 383 g/mol. The van der Waals surface area contributed by atoms with Crippen LogP contribution < -0.4 is 4.90 Å². The van der Waals surface area contributed by atoms with Crippen LogP contribution in [0.5, 0.6) is 5.75 Å². The van der Waals surface area contributed by atoms with E-state index in [-0.39, 0.29) is 35.4 Å². The molecule has 0 saturated heterocycles. The van der Waals surface area contributed by atoms with Gasteiger partial charge in [-0.15, -0.1) is 0 Å². The van der Waals surface area contributed by atoms with Crippen LogP contribution in [0.3, 0.4) is 0 Å². The maximum atomic E-state index is 13.0. The SMILES string of the molecule is CC[C@H](C)C(=O)C(CCC(C)=O)C(=N)c1c(O)ccc2cc(N(C)C)ccc12. The van der Waals surface area contributed by atoms with Crippen molar-refractivity contribution >= 4 is 33.7 Å². The van der Waals surface area contributed by atoms with Gasteiger partial charge in [-0.05, 0) is 48.7 Å². The smallest absolute Gasteiger partial charge is 0.144 e. The molecular weight excluding hydrogens is 352 g/mol. The first kappa shape index (κ1) is 21.6. The van der Waals surface area contributed by atoms with E-state index in [0.717, 1.165) is 16.5 Å². The summed E-state index contributed by atoms with van der Waals surface area (Å²) in [6.07, 6.45) is 1.21. The van der Waals surface area contributed by atoms with Crippen LogP contribution in [0.4, 0.5) is 5.69 Å². The largest absolute Gasteiger partial charge is 0.507 e. The Morgan fingerprint density at radius 2 is 1.86 bits per heavy atom. The highest BCUT2D eigenvalue weighted by atomic mass is 16.3. The molecule has 0 radical (unpaired) electrons. The van der Waals surface area contributed by atoms with Crippen molar-refractivity contribution < 1.29 is 14.7 Å². The number of carbonyl (C=O) groups excluding carboxylic acids is 2. The molecule has 2 aromatic rings. The van der Waals surface area contributed by atoms with E-state index in [1.54, 1.807) is 6.07 Å². The van der Waals surface area contributed by atoms with Crippen LogP contribution in [0, 0.1) is 17.2 Å². The molecule has 1 unspecified atom stereocenters. The van der Waals surface area contributed by atoms with Crippen molar-refractivity contribution in [1.82, 2.24) is 0 Å². The lowest BCUT2D eigenvalue weighted by molar-refractivity contribution is -0.124. The predicted molar refractivity (Wildman–Crippen MR) is 115 cm³/mol. The Labute approximate surface area is 166 Å². The minimum absolute atomic E-state index is 0.00693. The van der Waals surface area contributed by atoms with Gasteiger partial charge in [-0.25, -0.2) is 0 Å². The number of rotatable bonds is 9. The summed E-state index contributed by atoms with van der Waals surface area (Å²) in [6, 6.07) is 9.19. The summed E-state index contributed by atoms with van der Waals surface area (Å²) in [6.45, 7) is 5.28. The monoisotopic (exact) mass is 382 g/mol. The number of carbonyl (C=O) groups is 2. The molecule has 0 heterocycles. The van der Waals surface area contributed by atoms with Crippen molar-refractivity contribution in [1.29, 1.82) is 5.41 Å². The van der Waals surface area contributed by atoms with Crippen LogP contribution in [-0.2, 0) is 9.59 Å². The number of phenolic OH excluding ortho intramolecular Hbond substituents is 1. The number of nitrogens with zero attached hydrogens (tertiary/aromatic N) is 1. The zero-order valence-electron chi connectivity index (χ0n) is 17.4. The molecule has 2 aromatic carbocycles. The molecule has 5 heteroatoms. The van der Waals surface area contributed by atoms with Gasteiger partial charge < -0.3 is 20.2 Å². The van der Waals surface area contributed by atoms with E-state index in [9.17, 15) is 14.7 Å². The van der Waals surface area contributed by atoms with E-state index in [2.05, 4.69) is 0 Å². The van der Waals surface area contributed by atoms with E-state index in [1.165, 1.54) is 6.92 Å². The molecule has 0 fully saturated rings. The third-order valence-electron chi connectivity index (χ3n) is 5.34. The van der Waals surface area contributed by atoms with Crippen LogP contribution in [0.15, 0.2) is 30.3 Å². The predicted octanol–water partition coefficient (Wildman–Crippen LogP) is 4.58. The second-order valence-corrected chi connectivity index (χ2v) is 7.68. The molecule has 0 spiro atoms. The highest BCUT2D eigenvalue weighted by Gasteiger charge is 2.30. The number of phenols is 1. The first-order valence-corrected chi connectivity index (χ1v) is 9.72. The summed E-state index contributed by atoms with van der Waals surface area (Å²) in [5, 5.41) is 21.0. The fourth-order valence-electron chi connectivity index (χ4n) is 3.36. The summed E-state index contributed by atoms with van der Waals surface area (Å²) in [5.74, 6) is -0.971. The quantitative estimate of drug-likeness (QED) is 0.622. The van der Waals surface area contributed by atoms with Crippen molar-refractivity contribution in [2.45, 2.75) is 40.0 Å². The lowest BCUT2D eigenvalue weighted by Gasteiger charge is -2.22. The number of hydrogen-bond acceptors (Lipinski definition) is 5. The number of anilines is 1. The zero-order valence-corrected chi connectivity index (χ0v) is 17.4. The van der Waals surface area contributed by atoms with Crippen molar-refractivity contribution in [2.24, 2.45) is 11.8 Å². The molecule has 2 atom stereocenters. The Bertz CT molecular complexity index is 902. The lowest BCUT2D eigenvalue weighted by Crippen LogP contribution is -2.29. The maximum Gasteiger partial charge on any atom is 0.144 e. The Kier molecular flexibility index (Phi) is 6.95. The van der Waals surface area contributed by atoms with Gasteiger partial charge in [-0.3, -0.25) is 4.79 Å². The van der Waals surface area contributed by atoms with Crippen LogP contribution >= 0.6 is 0 Å². The molecular formula is C23H30N2O3. The highest BCUT2D eigenvalue weighted by Crippen LogP contribution is 2.33. The van der Waals surface area contributed by atoms with Gasteiger partial charge in [0.25, 0.3) is 0 Å². The Morgan fingerprint density at radius 3 is 2.43 bits per heavy atom. The van der Waals surface area contributed by atoms with Crippen molar-refractivity contribution in [3.8, 4) is 5.75 Å². The summed E-state index contributed by atoms with van der Waals surface area (Å²) >= 11 is 0. The molecule has 0 amide bonds. The van der Waals surface area contributed by atoms with Crippen LogP contribution in [0.2, 0.25) is 0 Å². The Balaban J connectivity index is 2.56. The van der Waals surface area contributed by atoms with E-state index in [0.29, 0.717) is 18.4 Å². The molecule has 5 nitrogen and oxygen atoms in total. The number of Topliss-reactive ketones (excluding diaryl/α,β-unsaturated/α-hetero) is 2. The van der Waals surface area contributed by atoms with E-state index in [1.807, 2.05) is 57.1 Å². The molecule has 0 saturated carbocycles. The van der Waals surface area contributed by atoms with Gasteiger partial charge in [0.2, 0.25) is 0 Å². The number of ketones is 2. The van der Waals surface area contributed by atoms with E-state index in [4.69, 9.17) is 5.41 Å². The van der Waals surface area contributed by atoms with Gasteiger partial charge in [0, 0.05) is 37.7 Å². The van der Waals surface area contributed by atoms with Gasteiger partial charge in [0.15, 0.2) is 0 Å². The first-order valence-electron chi connectivity index (χ1n) is 9.72. The van der Waals surface area contributed by atoms with E-state index < -0.39 is 5.92 Å². The highest BCUT2D eigenvalue weighted by molar-refractivity contribution is 6.19. The molecule has 28 heavy (non-hydrogen) atoms. The third-order valence-corrected chi connectivity index (χ3v) is 5.34. The standard InChI is InChI=1S/C23H30N2O3/c1-6-14(2)23(28)19(10-7-15(3)26)22(24)21-18-11-9-17(25(4)5)13-16(18)8-12-20(21)27/h8-9,11-14,19,24,27H,6-7,10H2,1-5H3/t14-,19?/m0/s1. The minimum atomic E-state index is -0.705. The average Bonchev–Trinajstić information content (AvgIpc) is 2.66. The lowest BCUT2D eigenvalue weighted by atomic mass is 9.81. The second kappa shape index (κ2) is 9.00. The van der Waals surface area contributed by atoms with Crippen LogP contribution in [0.1, 0.15) is 45.6 Å². The normalized spacial score (nSPS) is 13.2. The summed E-state index contributed by atoms with van der Waals surface area (Å²) in [7, 11) is 3.90. The van der Waals surface area contributed by atoms with Gasteiger partial charge in [0.1, 0.15) is 17.3 Å². The molecule has 150 valence electrons. The van der Waals surface area contributed by atoms with Crippen molar-refractivity contribution in [2.75, 3.05) is 19.0 Å². The Morgan fingerprint density at radius 1 is 1.18 bits per heavy atom. The van der Waals surface area contributed by atoms with Gasteiger partial charge in [-0.2, -0.15) is 0 Å². The maximum absolute atomic E-state index is 13.0.